The summed E-state index contributed by atoms with van der Waals surface area (Å²) in [6.45, 7) is 11.6. The number of nitrogens with one attached hydrogen (secondary N) is 1. The van der Waals surface area contributed by atoms with Gasteiger partial charge in [-0.15, -0.1) is 6.42 Å². The number of aromatic nitrogens is 3. The summed E-state index contributed by atoms with van der Waals surface area (Å²) < 4.78 is 51.3. The molecule has 2 aliphatic rings. The average molecular weight is 645 g/mol. The van der Waals surface area contributed by atoms with E-state index in [1.54, 1.807) is 0 Å². The van der Waals surface area contributed by atoms with E-state index in [1.807, 2.05) is 0 Å². The molecule has 2 saturated heterocycles. The standard InChI is InChI=1S/C36H39F3N6O2/c1-5-24-18-45(19-25(6-2)41-24)35-29-16-40-33(28-15-26(46)14-22-8-9-30(38)27(7-3)31(22)28)32(39)34(29)42-36(43-35)47-20-21(4)17-44-12-10-23(37)11-13-44/h3,8-9,14-16,23-25,41,46H,4-6,10-13,17-20H2,1-2H3. The molecule has 11 heteroatoms. The predicted molar refractivity (Wildman–Crippen MR) is 179 cm³/mol. The van der Waals surface area contributed by atoms with E-state index < -0.39 is 17.8 Å². The number of ether oxygens (including phenoxy) is 1. The molecule has 0 aliphatic carbocycles. The second-order valence-electron chi connectivity index (χ2n) is 12.4. The molecule has 8 nitrogen and oxygen atoms in total. The number of alkyl halides is 1. The largest absolute Gasteiger partial charge is 0.508 e. The van der Waals surface area contributed by atoms with E-state index >= 15 is 4.39 Å². The van der Waals surface area contributed by atoms with Crippen LogP contribution in [0.3, 0.4) is 0 Å². The maximum absolute atomic E-state index is 16.8. The topological polar surface area (TPSA) is 86.6 Å². The van der Waals surface area contributed by atoms with Crippen LogP contribution in [-0.2, 0) is 0 Å². The first-order valence-electron chi connectivity index (χ1n) is 16.1. The van der Waals surface area contributed by atoms with Crippen molar-refractivity contribution >= 4 is 27.5 Å². The molecule has 47 heavy (non-hydrogen) atoms. The Bertz CT molecular complexity index is 1840. The number of likely N-dealkylation sites (tertiary alicyclic amines) is 1. The van der Waals surface area contributed by atoms with Gasteiger partial charge in [-0.1, -0.05) is 32.4 Å². The second-order valence-corrected chi connectivity index (χ2v) is 12.4. The van der Waals surface area contributed by atoms with Crippen molar-refractivity contribution in [3.8, 4) is 35.4 Å². The summed E-state index contributed by atoms with van der Waals surface area (Å²) in [6.07, 6.45) is 9.20. The number of hydrogen-bond donors (Lipinski definition) is 2. The van der Waals surface area contributed by atoms with E-state index in [4.69, 9.17) is 16.1 Å². The summed E-state index contributed by atoms with van der Waals surface area (Å²) in [5.41, 5.74) is 0.671. The zero-order valence-corrected chi connectivity index (χ0v) is 26.7. The number of halogens is 3. The Hall–Kier alpha value is -4.40. The third-order valence-corrected chi connectivity index (χ3v) is 9.10. The van der Waals surface area contributed by atoms with Crippen LogP contribution in [-0.4, -0.2) is 82.5 Å². The number of anilines is 1. The molecule has 0 amide bonds. The Balaban J connectivity index is 1.44. The minimum atomic E-state index is -0.780. The number of aromatic hydroxyl groups is 1. The lowest BCUT2D eigenvalue weighted by molar-refractivity contribution is 0.156. The molecule has 2 aliphatic heterocycles. The third-order valence-electron chi connectivity index (χ3n) is 9.10. The number of phenolic OH excluding ortho intramolecular Hbond substituents is 1. The Morgan fingerprint density at radius 2 is 1.85 bits per heavy atom. The van der Waals surface area contributed by atoms with Gasteiger partial charge in [0.05, 0.1) is 10.9 Å². The number of terminal acetylenes is 1. The van der Waals surface area contributed by atoms with Gasteiger partial charge in [0.25, 0.3) is 0 Å². The summed E-state index contributed by atoms with van der Waals surface area (Å²) in [4.78, 5) is 18.0. The fraction of sp³-hybridized carbons (Fsp3) is 0.417. The minimum Gasteiger partial charge on any atom is -0.508 e. The highest BCUT2D eigenvalue weighted by atomic mass is 19.1. The molecule has 2 N–H and O–H groups in total. The molecule has 2 fully saturated rings. The molecule has 4 heterocycles. The summed E-state index contributed by atoms with van der Waals surface area (Å²) in [6, 6.07) is 5.83. The van der Waals surface area contributed by atoms with Crippen molar-refractivity contribution < 1.29 is 23.0 Å². The number of phenols is 1. The summed E-state index contributed by atoms with van der Waals surface area (Å²) in [7, 11) is 0. The normalized spacial score (nSPS) is 19.3. The Morgan fingerprint density at radius 1 is 1.13 bits per heavy atom. The van der Waals surface area contributed by atoms with E-state index in [0.717, 1.165) is 18.4 Å². The lowest BCUT2D eigenvalue weighted by Crippen LogP contribution is -2.56. The zero-order valence-electron chi connectivity index (χ0n) is 26.7. The SMILES string of the molecule is C#Cc1c(F)ccc2cc(O)cc(-c3ncc4c(N5CC(CC)NC(CC)C5)nc(OCC(=C)CN5CCC(F)CC5)nc4c3F)c12. The van der Waals surface area contributed by atoms with Crippen LogP contribution in [0.4, 0.5) is 19.0 Å². The van der Waals surface area contributed by atoms with E-state index in [1.165, 1.54) is 30.5 Å². The lowest BCUT2D eigenvalue weighted by Gasteiger charge is -2.39. The Kier molecular flexibility index (Phi) is 9.52. The molecule has 0 saturated carbocycles. The summed E-state index contributed by atoms with van der Waals surface area (Å²) in [5.74, 6) is 1.29. The van der Waals surface area contributed by atoms with E-state index in [9.17, 15) is 13.9 Å². The van der Waals surface area contributed by atoms with Gasteiger partial charge < -0.3 is 20.1 Å². The fourth-order valence-electron chi connectivity index (χ4n) is 6.57. The smallest absolute Gasteiger partial charge is 0.319 e. The molecular formula is C36H39F3N6O2. The van der Waals surface area contributed by atoms with Crippen LogP contribution in [0.25, 0.3) is 32.9 Å². The zero-order chi connectivity index (χ0) is 33.2. The van der Waals surface area contributed by atoms with Crippen LogP contribution in [0.1, 0.15) is 45.1 Å². The molecule has 4 aromatic rings. The highest BCUT2D eigenvalue weighted by Gasteiger charge is 2.29. The summed E-state index contributed by atoms with van der Waals surface area (Å²) in [5, 5.41) is 15.3. The molecule has 6 rings (SSSR count). The maximum atomic E-state index is 16.8. The van der Waals surface area contributed by atoms with Crippen molar-refractivity contribution in [1.29, 1.82) is 0 Å². The van der Waals surface area contributed by atoms with E-state index in [-0.39, 0.29) is 58.2 Å². The number of piperazine rings is 1. The first-order valence-corrected chi connectivity index (χ1v) is 16.1. The van der Waals surface area contributed by atoms with Crippen LogP contribution < -0.4 is 15.0 Å². The molecule has 246 valence electrons. The van der Waals surface area contributed by atoms with E-state index in [2.05, 4.69) is 51.4 Å². The van der Waals surface area contributed by atoms with Crippen LogP contribution in [0.15, 0.2) is 42.6 Å². The number of piperidine rings is 1. The monoisotopic (exact) mass is 644 g/mol. The van der Waals surface area contributed by atoms with Gasteiger partial charge in [-0.3, -0.25) is 9.88 Å². The van der Waals surface area contributed by atoms with Gasteiger partial charge in [0.1, 0.15) is 41.4 Å². The highest BCUT2D eigenvalue weighted by molar-refractivity contribution is 6.03. The molecule has 2 atom stereocenters. The molecule has 2 unspecified atom stereocenters. The lowest BCUT2D eigenvalue weighted by atomic mass is 9.95. The molecule has 0 radical (unpaired) electrons. The van der Waals surface area contributed by atoms with Crippen LogP contribution in [0.2, 0.25) is 0 Å². The van der Waals surface area contributed by atoms with Gasteiger partial charge in [0, 0.05) is 62.0 Å². The van der Waals surface area contributed by atoms with Crippen LogP contribution in [0.5, 0.6) is 11.8 Å². The Labute approximate surface area is 272 Å². The highest BCUT2D eigenvalue weighted by Crippen LogP contribution is 2.39. The van der Waals surface area contributed by atoms with Crippen molar-refractivity contribution in [2.45, 2.75) is 57.8 Å². The van der Waals surface area contributed by atoms with Gasteiger partial charge >= 0.3 is 6.01 Å². The van der Waals surface area contributed by atoms with Gasteiger partial charge in [-0.05, 0) is 54.8 Å². The first-order chi connectivity index (χ1) is 22.7. The number of hydrogen-bond acceptors (Lipinski definition) is 8. The van der Waals surface area contributed by atoms with Gasteiger partial charge in [0.2, 0.25) is 0 Å². The quantitative estimate of drug-likeness (QED) is 0.166. The number of pyridine rings is 1. The average Bonchev–Trinajstić information content (AvgIpc) is 3.08. The first kappa shape index (κ1) is 32.5. The minimum absolute atomic E-state index is 0.0251. The van der Waals surface area contributed by atoms with Crippen LogP contribution in [0, 0.1) is 24.0 Å². The fourth-order valence-corrected chi connectivity index (χ4v) is 6.57. The molecule has 0 bridgehead atoms. The number of nitrogens with zero attached hydrogens (tertiary/aromatic N) is 5. The molecule has 2 aromatic heterocycles. The number of fused-ring (bicyclic) bond motifs is 2. The summed E-state index contributed by atoms with van der Waals surface area (Å²) >= 11 is 0. The second kappa shape index (κ2) is 13.8. The van der Waals surface area contributed by atoms with Crippen molar-refractivity contribution in [2.75, 3.05) is 44.2 Å². The van der Waals surface area contributed by atoms with Gasteiger partial charge in [-0.2, -0.15) is 9.97 Å². The Morgan fingerprint density at radius 3 is 2.53 bits per heavy atom. The van der Waals surface area contributed by atoms with Crippen LogP contribution >= 0.6 is 0 Å². The van der Waals surface area contributed by atoms with Gasteiger partial charge in [-0.25, -0.2) is 13.2 Å². The predicted octanol–water partition coefficient (Wildman–Crippen LogP) is 6.15. The maximum Gasteiger partial charge on any atom is 0.319 e. The van der Waals surface area contributed by atoms with Crippen molar-refractivity contribution in [1.82, 2.24) is 25.2 Å². The van der Waals surface area contributed by atoms with Crippen molar-refractivity contribution in [2.24, 2.45) is 0 Å². The van der Waals surface area contributed by atoms with Gasteiger partial charge in [0.15, 0.2) is 5.82 Å². The molecule has 0 spiro atoms. The number of benzene rings is 2. The molecular weight excluding hydrogens is 605 g/mol. The third kappa shape index (κ3) is 6.71. The van der Waals surface area contributed by atoms with Crippen molar-refractivity contribution in [3.05, 3.63) is 59.8 Å². The van der Waals surface area contributed by atoms with Crippen molar-refractivity contribution in [3.63, 3.8) is 0 Å². The van der Waals surface area contributed by atoms with E-state index in [0.29, 0.717) is 62.2 Å². The number of rotatable bonds is 9. The molecule has 2 aromatic carbocycles.